The summed E-state index contributed by atoms with van der Waals surface area (Å²) in [5, 5.41) is 8.88. The van der Waals surface area contributed by atoms with Gasteiger partial charge < -0.3 is 15.4 Å². The van der Waals surface area contributed by atoms with Crippen LogP contribution in [-0.2, 0) is 23.9 Å². The summed E-state index contributed by atoms with van der Waals surface area (Å²) in [5.74, 6) is -2.03. The van der Waals surface area contributed by atoms with Crippen molar-refractivity contribution in [3.05, 3.63) is 60.5 Å². The molecule has 0 spiro atoms. The number of hydrazine groups is 1. The minimum Gasteiger partial charge on any atom is -0.457 e. The van der Waals surface area contributed by atoms with Crippen LogP contribution in [0.2, 0.25) is 0 Å². The first-order valence-corrected chi connectivity index (χ1v) is 15.0. The number of amides is 3. The molecule has 0 aliphatic carbocycles. The van der Waals surface area contributed by atoms with Crippen LogP contribution in [0.5, 0.6) is 0 Å². The second-order valence-electron chi connectivity index (χ2n) is 11.3. The lowest BCUT2D eigenvalue weighted by molar-refractivity contribution is -0.157. The molecule has 0 saturated carbocycles. The van der Waals surface area contributed by atoms with E-state index in [0.717, 1.165) is 22.0 Å². The number of allylic oxidation sites excluding steroid dienone is 1. The highest BCUT2D eigenvalue weighted by atomic mass is 16.5. The summed E-state index contributed by atoms with van der Waals surface area (Å²) in [6, 6.07) is 5.35. The average Bonchev–Trinajstić information content (AvgIpc) is 3.00. The zero-order valence-electron chi connectivity index (χ0n) is 26.1. The van der Waals surface area contributed by atoms with E-state index in [9.17, 15) is 19.2 Å². The molecule has 10 heteroatoms. The van der Waals surface area contributed by atoms with Gasteiger partial charge in [0.05, 0.1) is 11.6 Å². The molecule has 3 N–H and O–H groups in total. The maximum atomic E-state index is 13.3. The Morgan fingerprint density at radius 2 is 1.86 bits per heavy atom. The monoisotopic (exact) mass is 591 g/mol. The molecule has 1 fully saturated rings. The zero-order valence-corrected chi connectivity index (χ0v) is 26.1. The number of rotatable bonds is 12. The summed E-state index contributed by atoms with van der Waals surface area (Å²) in [6.07, 6.45) is 8.28. The van der Waals surface area contributed by atoms with E-state index in [-0.39, 0.29) is 23.7 Å². The van der Waals surface area contributed by atoms with Crippen LogP contribution in [0.4, 0.5) is 0 Å². The number of carbonyl (C=O) groups is 4. The summed E-state index contributed by atoms with van der Waals surface area (Å²) in [5.41, 5.74) is 4.59. The predicted molar refractivity (Wildman–Crippen MR) is 167 cm³/mol. The van der Waals surface area contributed by atoms with Crippen molar-refractivity contribution >= 4 is 40.5 Å². The molecule has 5 atom stereocenters. The lowest BCUT2D eigenvalue weighted by Crippen LogP contribution is -2.61. The maximum Gasteiger partial charge on any atom is 0.325 e. The summed E-state index contributed by atoms with van der Waals surface area (Å²) in [6.45, 7) is 15.0. The van der Waals surface area contributed by atoms with Crippen molar-refractivity contribution in [1.82, 2.24) is 26.1 Å². The molecule has 43 heavy (non-hydrogen) atoms. The van der Waals surface area contributed by atoms with Crippen molar-refractivity contribution in [2.75, 3.05) is 6.54 Å². The Kier molecular flexibility index (Phi) is 12.0. The molecule has 10 nitrogen and oxygen atoms in total. The summed E-state index contributed by atoms with van der Waals surface area (Å²) in [7, 11) is 0. The normalized spacial score (nSPS) is 18.1. The molecule has 3 amide bonds. The molecule has 1 aromatic carbocycles. The number of ether oxygens (including phenoxy) is 1. The first-order valence-electron chi connectivity index (χ1n) is 15.0. The fourth-order valence-corrected chi connectivity index (χ4v) is 5.02. The van der Waals surface area contributed by atoms with Gasteiger partial charge in [0.1, 0.15) is 24.2 Å². The number of nitrogens with one attached hydrogen (secondary N) is 3. The predicted octanol–water partition coefficient (Wildman–Crippen LogP) is 4.23. The van der Waals surface area contributed by atoms with Crippen molar-refractivity contribution in [2.45, 2.75) is 85.0 Å². The Labute approximate surface area is 254 Å². The van der Waals surface area contributed by atoms with Gasteiger partial charge in [0.15, 0.2) is 0 Å². The molecule has 0 radical (unpaired) electrons. The third-order valence-electron chi connectivity index (χ3n) is 7.65. The van der Waals surface area contributed by atoms with Gasteiger partial charge in [-0.15, -0.1) is 0 Å². The third kappa shape index (κ3) is 8.73. The van der Waals surface area contributed by atoms with Crippen LogP contribution in [0.15, 0.2) is 49.2 Å². The second-order valence-corrected chi connectivity index (χ2v) is 11.3. The Bertz CT molecular complexity index is 1360. The largest absolute Gasteiger partial charge is 0.457 e. The number of hydrogen-bond donors (Lipinski definition) is 3. The van der Waals surface area contributed by atoms with Gasteiger partial charge in [-0.2, -0.15) is 0 Å². The Morgan fingerprint density at radius 1 is 1.12 bits per heavy atom. The van der Waals surface area contributed by atoms with Crippen LogP contribution in [0.1, 0.15) is 78.2 Å². The minimum absolute atomic E-state index is 0.188. The first-order chi connectivity index (χ1) is 20.5. The highest BCUT2D eigenvalue weighted by Gasteiger charge is 2.34. The molecule has 2 aromatic rings. The molecule has 2 heterocycles. The SMILES string of the molecule is C=Cc1cc2cc([C@@H](C)OC(=O)C3CCCN(C(=O)C(C)NC(=O)C(NC(=O)C(/C=C/C)CC)C(C)C)N3)ccc2cn1. The highest BCUT2D eigenvalue weighted by Crippen LogP contribution is 2.24. The smallest absolute Gasteiger partial charge is 0.325 e. The van der Waals surface area contributed by atoms with E-state index in [4.69, 9.17) is 4.74 Å². The Balaban J connectivity index is 1.59. The lowest BCUT2D eigenvalue weighted by Gasteiger charge is -2.35. The molecule has 1 aromatic heterocycles. The second kappa shape index (κ2) is 15.4. The van der Waals surface area contributed by atoms with E-state index in [2.05, 4.69) is 27.6 Å². The van der Waals surface area contributed by atoms with Crippen molar-refractivity contribution < 1.29 is 23.9 Å². The molecule has 1 saturated heterocycles. The number of pyridine rings is 1. The van der Waals surface area contributed by atoms with Crippen LogP contribution in [0.25, 0.3) is 16.8 Å². The zero-order chi connectivity index (χ0) is 31.7. The number of aromatic nitrogens is 1. The van der Waals surface area contributed by atoms with Crippen molar-refractivity contribution in [3.8, 4) is 0 Å². The Hall–Kier alpha value is -4.05. The number of fused-ring (bicyclic) bond motifs is 1. The van der Waals surface area contributed by atoms with E-state index in [1.165, 1.54) is 5.01 Å². The van der Waals surface area contributed by atoms with Gasteiger partial charge in [0, 0.05) is 18.1 Å². The quantitative estimate of drug-likeness (QED) is 0.249. The van der Waals surface area contributed by atoms with Crippen LogP contribution in [0, 0.1) is 11.8 Å². The van der Waals surface area contributed by atoms with E-state index < -0.39 is 36.1 Å². The molecule has 3 rings (SSSR count). The molecule has 1 aliphatic heterocycles. The lowest BCUT2D eigenvalue weighted by atomic mass is 9.99. The topological polar surface area (TPSA) is 130 Å². The van der Waals surface area contributed by atoms with Gasteiger partial charge in [0.2, 0.25) is 11.8 Å². The van der Waals surface area contributed by atoms with Gasteiger partial charge >= 0.3 is 5.97 Å². The molecule has 1 aliphatic rings. The summed E-state index contributed by atoms with van der Waals surface area (Å²) >= 11 is 0. The number of nitrogens with zero attached hydrogens (tertiary/aromatic N) is 2. The molecular weight excluding hydrogens is 546 g/mol. The minimum atomic E-state index is -0.878. The van der Waals surface area contributed by atoms with Gasteiger partial charge in [0.25, 0.3) is 5.91 Å². The average molecular weight is 592 g/mol. The van der Waals surface area contributed by atoms with E-state index in [1.54, 1.807) is 25.3 Å². The molecular formula is C33H45N5O5. The molecule has 0 bridgehead atoms. The number of carbonyl (C=O) groups excluding carboxylic acids is 4. The van der Waals surface area contributed by atoms with Crippen molar-refractivity contribution in [3.63, 3.8) is 0 Å². The standard InChI is InChI=1S/C33H45N5O5/c1-8-12-23(9-2)30(39)36-29(20(4)5)31(40)35-21(6)32(41)38-16-11-13-28(37-38)33(42)43-22(7)24-14-15-25-19-34-27(10-3)18-26(25)17-24/h8,10,12,14-15,17-23,28-29,37H,3,9,11,13,16H2,1-2,4-7H3,(H,35,40)(H,36,39)/b12-8+/t21?,22-,23?,28?,29?/m1/s1. The fraction of sp³-hybridized carbons (Fsp3) is 0.485. The fourth-order valence-electron chi connectivity index (χ4n) is 5.02. The summed E-state index contributed by atoms with van der Waals surface area (Å²) < 4.78 is 5.79. The summed E-state index contributed by atoms with van der Waals surface area (Å²) in [4.78, 5) is 56.5. The van der Waals surface area contributed by atoms with Gasteiger partial charge in [-0.05, 0) is 75.1 Å². The van der Waals surface area contributed by atoms with E-state index in [0.29, 0.717) is 25.8 Å². The third-order valence-corrected chi connectivity index (χ3v) is 7.65. The van der Waals surface area contributed by atoms with Crippen molar-refractivity contribution in [2.24, 2.45) is 11.8 Å². The number of esters is 1. The highest BCUT2D eigenvalue weighted by molar-refractivity contribution is 5.93. The van der Waals surface area contributed by atoms with E-state index in [1.807, 2.05) is 65.0 Å². The maximum absolute atomic E-state index is 13.3. The number of hydrogen-bond acceptors (Lipinski definition) is 7. The number of benzene rings is 1. The molecule has 4 unspecified atom stereocenters. The van der Waals surface area contributed by atoms with Crippen LogP contribution >= 0.6 is 0 Å². The molecule has 232 valence electrons. The van der Waals surface area contributed by atoms with Crippen LogP contribution in [-0.4, -0.2) is 58.4 Å². The van der Waals surface area contributed by atoms with Gasteiger partial charge in [-0.3, -0.25) is 29.2 Å². The Morgan fingerprint density at radius 3 is 2.51 bits per heavy atom. The van der Waals surface area contributed by atoms with E-state index >= 15 is 0 Å². The van der Waals surface area contributed by atoms with Crippen LogP contribution in [0.3, 0.4) is 0 Å². The van der Waals surface area contributed by atoms with Gasteiger partial charge in [-0.25, -0.2) is 5.43 Å². The van der Waals surface area contributed by atoms with Gasteiger partial charge in [-0.1, -0.05) is 51.6 Å². The van der Waals surface area contributed by atoms with Crippen molar-refractivity contribution in [1.29, 1.82) is 0 Å². The van der Waals surface area contributed by atoms with Crippen LogP contribution < -0.4 is 16.1 Å². The first kappa shape index (κ1) is 33.5.